The van der Waals surface area contributed by atoms with Crippen molar-refractivity contribution in [1.82, 2.24) is 9.97 Å². The zero-order chi connectivity index (χ0) is 14.7. The first-order valence-electron chi connectivity index (χ1n) is 6.30. The first-order chi connectivity index (χ1) is 9.45. The molecular formula is C15H17N3O2. The maximum absolute atomic E-state index is 11.0. The summed E-state index contributed by atoms with van der Waals surface area (Å²) in [6.07, 6.45) is 0.589. The molecule has 0 saturated carbocycles. The monoisotopic (exact) mass is 271 g/mol. The minimum Gasteiger partial charge on any atom is -0.478 e. The number of aromatic nitrogens is 2. The normalized spacial score (nSPS) is 10.3. The van der Waals surface area contributed by atoms with E-state index < -0.39 is 5.97 Å². The molecule has 1 heterocycles. The first kappa shape index (κ1) is 14.0. The first-order valence-corrected chi connectivity index (χ1v) is 6.30. The number of anilines is 1. The van der Waals surface area contributed by atoms with Crippen LogP contribution in [-0.4, -0.2) is 35.1 Å². The highest BCUT2D eigenvalue weighted by Gasteiger charge is 2.07. The van der Waals surface area contributed by atoms with Gasteiger partial charge in [-0.25, -0.2) is 14.8 Å². The summed E-state index contributed by atoms with van der Waals surface area (Å²) in [5.41, 5.74) is 2.99. The summed E-state index contributed by atoms with van der Waals surface area (Å²) in [7, 11) is 3.78. The molecule has 0 bridgehead atoms. The molecule has 0 fully saturated rings. The number of aryl methyl sites for hydroxylation is 1. The van der Waals surface area contributed by atoms with Crippen LogP contribution in [0.5, 0.6) is 0 Å². The minimum atomic E-state index is -0.917. The highest BCUT2D eigenvalue weighted by Crippen LogP contribution is 2.13. The van der Waals surface area contributed by atoms with Crippen molar-refractivity contribution < 1.29 is 9.90 Å². The van der Waals surface area contributed by atoms with Crippen LogP contribution in [0.4, 0.5) is 5.95 Å². The van der Waals surface area contributed by atoms with Gasteiger partial charge in [0, 0.05) is 26.2 Å². The largest absolute Gasteiger partial charge is 0.478 e. The van der Waals surface area contributed by atoms with Crippen molar-refractivity contribution >= 4 is 11.9 Å². The van der Waals surface area contributed by atoms with Gasteiger partial charge in [-0.1, -0.05) is 12.1 Å². The fourth-order valence-electron chi connectivity index (χ4n) is 1.93. The van der Waals surface area contributed by atoms with Crippen LogP contribution in [0.3, 0.4) is 0 Å². The molecule has 0 amide bonds. The topological polar surface area (TPSA) is 66.3 Å². The maximum atomic E-state index is 11.0. The second-order valence-electron chi connectivity index (χ2n) is 4.88. The number of rotatable bonds is 4. The molecule has 104 valence electrons. The Labute approximate surface area is 117 Å². The molecule has 20 heavy (non-hydrogen) atoms. The third kappa shape index (κ3) is 3.32. The van der Waals surface area contributed by atoms with Crippen molar-refractivity contribution in [3.8, 4) is 0 Å². The van der Waals surface area contributed by atoms with Crippen LogP contribution in [0.2, 0.25) is 0 Å². The van der Waals surface area contributed by atoms with Crippen LogP contribution in [0.25, 0.3) is 0 Å². The van der Waals surface area contributed by atoms with Crippen LogP contribution in [-0.2, 0) is 6.42 Å². The predicted octanol–water partition coefficient (Wildman–Crippen LogP) is 2.14. The third-order valence-corrected chi connectivity index (χ3v) is 2.85. The van der Waals surface area contributed by atoms with Gasteiger partial charge in [0.1, 0.15) is 0 Å². The number of aromatic carboxylic acids is 1. The molecule has 0 saturated heterocycles. The summed E-state index contributed by atoms with van der Waals surface area (Å²) < 4.78 is 0. The van der Waals surface area contributed by atoms with Crippen molar-refractivity contribution in [2.24, 2.45) is 0 Å². The van der Waals surface area contributed by atoms with Gasteiger partial charge in [-0.15, -0.1) is 0 Å². The lowest BCUT2D eigenvalue weighted by Gasteiger charge is -2.12. The van der Waals surface area contributed by atoms with Crippen LogP contribution in [0.15, 0.2) is 30.3 Å². The zero-order valence-corrected chi connectivity index (χ0v) is 11.8. The number of benzene rings is 1. The van der Waals surface area contributed by atoms with Gasteiger partial charge < -0.3 is 10.0 Å². The van der Waals surface area contributed by atoms with E-state index in [9.17, 15) is 4.79 Å². The molecule has 0 aliphatic rings. The number of carboxylic acids is 1. The lowest BCUT2D eigenvalue weighted by atomic mass is 10.1. The van der Waals surface area contributed by atoms with Gasteiger partial charge in [-0.05, 0) is 30.7 Å². The van der Waals surface area contributed by atoms with Crippen molar-refractivity contribution in [2.75, 3.05) is 19.0 Å². The highest BCUT2D eigenvalue weighted by atomic mass is 16.4. The Morgan fingerprint density at radius 3 is 2.65 bits per heavy atom. The van der Waals surface area contributed by atoms with E-state index in [0.29, 0.717) is 17.9 Å². The van der Waals surface area contributed by atoms with Crippen molar-refractivity contribution in [3.05, 3.63) is 52.8 Å². The molecule has 0 aliphatic carbocycles. The van der Waals surface area contributed by atoms with E-state index in [1.165, 1.54) is 0 Å². The van der Waals surface area contributed by atoms with Gasteiger partial charge >= 0.3 is 5.97 Å². The molecule has 5 heteroatoms. The van der Waals surface area contributed by atoms with Gasteiger partial charge in [0.05, 0.1) is 11.3 Å². The molecule has 0 aliphatic heterocycles. The van der Waals surface area contributed by atoms with E-state index in [4.69, 9.17) is 5.11 Å². The number of hydrogen-bond donors (Lipinski definition) is 1. The Morgan fingerprint density at radius 1 is 1.25 bits per heavy atom. The van der Waals surface area contributed by atoms with E-state index in [1.54, 1.807) is 18.2 Å². The van der Waals surface area contributed by atoms with Gasteiger partial charge in [-0.2, -0.15) is 0 Å². The summed E-state index contributed by atoms with van der Waals surface area (Å²) in [5.74, 6) is -0.255. The van der Waals surface area contributed by atoms with Gasteiger partial charge in [0.2, 0.25) is 5.95 Å². The van der Waals surface area contributed by atoms with Crippen molar-refractivity contribution in [2.45, 2.75) is 13.3 Å². The smallest absolute Gasteiger partial charge is 0.335 e. The second kappa shape index (κ2) is 5.69. The van der Waals surface area contributed by atoms with E-state index in [2.05, 4.69) is 9.97 Å². The molecule has 5 nitrogen and oxygen atoms in total. The molecule has 0 atom stereocenters. The Balaban J connectivity index is 2.30. The highest BCUT2D eigenvalue weighted by molar-refractivity contribution is 5.87. The molecule has 2 aromatic rings. The fraction of sp³-hybridized carbons (Fsp3) is 0.267. The Kier molecular flexibility index (Phi) is 3.98. The third-order valence-electron chi connectivity index (χ3n) is 2.85. The summed E-state index contributed by atoms with van der Waals surface area (Å²) in [5, 5.41) is 9.00. The predicted molar refractivity (Wildman–Crippen MR) is 77.3 cm³/mol. The van der Waals surface area contributed by atoms with Crippen LogP contribution < -0.4 is 4.90 Å². The number of nitrogens with zero attached hydrogens (tertiary/aromatic N) is 3. The summed E-state index contributed by atoms with van der Waals surface area (Å²) in [4.78, 5) is 21.6. The Bertz CT molecular complexity index is 639. The van der Waals surface area contributed by atoms with E-state index >= 15 is 0 Å². The van der Waals surface area contributed by atoms with Crippen LogP contribution in [0.1, 0.15) is 27.3 Å². The molecule has 1 N–H and O–H groups in total. The summed E-state index contributed by atoms with van der Waals surface area (Å²) >= 11 is 0. The molecular weight excluding hydrogens is 254 g/mol. The molecule has 0 spiro atoms. The minimum absolute atomic E-state index is 0.293. The molecule has 0 unspecified atom stereocenters. The zero-order valence-electron chi connectivity index (χ0n) is 11.8. The molecule has 2 rings (SSSR count). The lowest BCUT2D eigenvalue weighted by molar-refractivity contribution is 0.0697. The van der Waals surface area contributed by atoms with Crippen LogP contribution >= 0.6 is 0 Å². The average molecular weight is 271 g/mol. The SMILES string of the molecule is Cc1cc(Cc2cccc(C(=O)O)c2)nc(N(C)C)n1. The van der Waals surface area contributed by atoms with Crippen molar-refractivity contribution in [3.63, 3.8) is 0 Å². The van der Waals surface area contributed by atoms with Crippen molar-refractivity contribution in [1.29, 1.82) is 0 Å². The van der Waals surface area contributed by atoms with Gasteiger partial charge in [-0.3, -0.25) is 0 Å². The standard InChI is InChI=1S/C15H17N3O2/c1-10-7-13(17-15(16-10)18(2)3)9-11-5-4-6-12(8-11)14(19)20/h4-8H,9H2,1-3H3,(H,19,20). The summed E-state index contributed by atoms with van der Waals surface area (Å²) in [6.45, 7) is 1.92. The van der Waals surface area contributed by atoms with E-state index in [-0.39, 0.29) is 0 Å². The quantitative estimate of drug-likeness (QED) is 0.922. The maximum Gasteiger partial charge on any atom is 0.335 e. The van der Waals surface area contributed by atoms with Gasteiger partial charge in [0.15, 0.2) is 0 Å². The number of carboxylic acid groups (broad SMARTS) is 1. The van der Waals surface area contributed by atoms with Crippen LogP contribution in [0, 0.1) is 6.92 Å². The average Bonchev–Trinajstić information content (AvgIpc) is 2.38. The number of carbonyl (C=O) groups is 1. The number of hydrogen-bond acceptors (Lipinski definition) is 4. The lowest BCUT2D eigenvalue weighted by Crippen LogP contribution is -2.14. The van der Waals surface area contributed by atoms with Gasteiger partial charge in [0.25, 0.3) is 0 Å². The molecule has 1 aromatic carbocycles. The summed E-state index contributed by atoms with van der Waals surface area (Å²) in [6, 6.07) is 8.83. The molecule has 0 radical (unpaired) electrons. The van der Waals surface area contributed by atoms with E-state index in [0.717, 1.165) is 17.0 Å². The fourth-order valence-corrected chi connectivity index (χ4v) is 1.93. The Hall–Kier alpha value is -2.43. The second-order valence-corrected chi connectivity index (χ2v) is 4.88. The van der Waals surface area contributed by atoms with E-state index in [1.807, 2.05) is 38.1 Å². The molecule has 1 aromatic heterocycles. The Morgan fingerprint density at radius 2 is 2.00 bits per heavy atom.